The van der Waals surface area contributed by atoms with E-state index in [0.717, 1.165) is 32.0 Å². The SMILES string of the molecule is O=C(c1ccccn1)N1CCC2(CC1)CC(c1ccccc1)CN(C1CC1)C2. The van der Waals surface area contributed by atoms with Gasteiger partial charge in [-0.1, -0.05) is 36.4 Å². The summed E-state index contributed by atoms with van der Waals surface area (Å²) in [5.41, 5.74) is 2.41. The largest absolute Gasteiger partial charge is 0.337 e. The fourth-order valence-electron chi connectivity index (χ4n) is 5.29. The molecule has 1 aliphatic carbocycles. The van der Waals surface area contributed by atoms with Crippen LogP contribution in [-0.2, 0) is 0 Å². The minimum Gasteiger partial charge on any atom is -0.337 e. The number of carbonyl (C=O) groups is 1. The van der Waals surface area contributed by atoms with Gasteiger partial charge in [0.25, 0.3) is 5.91 Å². The van der Waals surface area contributed by atoms with Crippen molar-refractivity contribution in [1.29, 1.82) is 0 Å². The maximum absolute atomic E-state index is 12.8. The second kappa shape index (κ2) is 7.32. The summed E-state index contributed by atoms with van der Waals surface area (Å²) in [6.45, 7) is 4.13. The third kappa shape index (κ3) is 3.58. The molecule has 0 N–H and O–H groups in total. The van der Waals surface area contributed by atoms with Crippen molar-refractivity contribution in [2.24, 2.45) is 5.41 Å². The van der Waals surface area contributed by atoms with Crippen LogP contribution in [0.2, 0.25) is 0 Å². The van der Waals surface area contributed by atoms with Crippen LogP contribution in [0.1, 0.15) is 54.1 Å². The number of benzene rings is 1. The predicted octanol–water partition coefficient (Wildman–Crippen LogP) is 3.96. The maximum atomic E-state index is 12.8. The lowest BCUT2D eigenvalue weighted by molar-refractivity contribution is 0.0109. The highest BCUT2D eigenvalue weighted by atomic mass is 16.2. The van der Waals surface area contributed by atoms with Crippen molar-refractivity contribution in [1.82, 2.24) is 14.8 Å². The lowest BCUT2D eigenvalue weighted by Crippen LogP contribution is -2.53. The van der Waals surface area contributed by atoms with Crippen molar-refractivity contribution in [2.75, 3.05) is 26.2 Å². The number of amides is 1. The van der Waals surface area contributed by atoms with Gasteiger partial charge in [0.05, 0.1) is 0 Å². The van der Waals surface area contributed by atoms with Crippen molar-refractivity contribution in [2.45, 2.75) is 44.1 Å². The van der Waals surface area contributed by atoms with Gasteiger partial charge >= 0.3 is 0 Å². The number of aromatic nitrogens is 1. The summed E-state index contributed by atoms with van der Waals surface area (Å²) in [4.78, 5) is 21.8. The van der Waals surface area contributed by atoms with Gasteiger partial charge in [0.1, 0.15) is 5.69 Å². The summed E-state index contributed by atoms with van der Waals surface area (Å²) < 4.78 is 0. The molecule has 1 atom stereocenters. The minimum atomic E-state index is 0.0879. The molecule has 0 bridgehead atoms. The van der Waals surface area contributed by atoms with Crippen molar-refractivity contribution < 1.29 is 4.79 Å². The molecule has 1 saturated carbocycles. The number of piperidine rings is 2. The average molecular weight is 376 g/mol. The van der Waals surface area contributed by atoms with Gasteiger partial charge in [-0.3, -0.25) is 14.7 Å². The molecule has 2 aliphatic heterocycles. The number of hydrogen-bond donors (Lipinski definition) is 0. The molecule has 3 aliphatic rings. The van der Waals surface area contributed by atoms with E-state index in [1.165, 1.54) is 37.9 Å². The number of pyridine rings is 1. The van der Waals surface area contributed by atoms with Crippen molar-refractivity contribution in [3.05, 3.63) is 66.0 Å². The Balaban J connectivity index is 1.31. The van der Waals surface area contributed by atoms with Crippen molar-refractivity contribution in [3.8, 4) is 0 Å². The number of hydrogen-bond acceptors (Lipinski definition) is 3. The van der Waals surface area contributed by atoms with Crippen LogP contribution in [0.3, 0.4) is 0 Å². The summed E-state index contributed by atoms with van der Waals surface area (Å²) in [7, 11) is 0. The molecule has 4 heteroatoms. The zero-order chi connectivity index (χ0) is 19.0. The second-order valence-electron chi connectivity index (χ2n) is 8.98. The van der Waals surface area contributed by atoms with Gasteiger partial charge in [-0.15, -0.1) is 0 Å². The van der Waals surface area contributed by atoms with Gasteiger partial charge < -0.3 is 4.90 Å². The molecule has 3 fully saturated rings. The molecule has 1 spiro atoms. The van der Waals surface area contributed by atoms with Crippen LogP contribution in [0.5, 0.6) is 0 Å². The first-order chi connectivity index (χ1) is 13.7. The Morgan fingerprint density at radius 3 is 2.43 bits per heavy atom. The molecule has 146 valence electrons. The van der Waals surface area contributed by atoms with E-state index in [0.29, 0.717) is 17.0 Å². The Morgan fingerprint density at radius 2 is 1.75 bits per heavy atom. The zero-order valence-corrected chi connectivity index (χ0v) is 16.5. The predicted molar refractivity (Wildman–Crippen MR) is 110 cm³/mol. The van der Waals surface area contributed by atoms with E-state index in [-0.39, 0.29) is 5.91 Å². The monoisotopic (exact) mass is 375 g/mol. The van der Waals surface area contributed by atoms with Gasteiger partial charge in [0.2, 0.25) is 0 Å². The Labute approximate surface area is 167 Å². The molecule has 4 nitrogen and oxygen atoms in total. The van der Waals surface area contributed by atoms with Crippen LogP contribution < -0.4 is 0 Å². The molecule has 1 amide bonds. The summed E-state index contributed by atoms with van der Waals surface area (Å²) in [6.07, 6.45) is 7.91. The van der Waals surface area contributed by atoms with E-state index in [1.807, 2.05) is 23.1 Å². The summed E-state index contributed by atoms with van der Waals surface area (Å²) in [5, 5.41) is 0. The highest BCUT2D eigenvalue weighted by molar-refractivity contribution is 5.92. The third-order valence-corrected chi connectivity index (χ3v) is 7.00. The first kappa shape index (κ1) is 17.9. The fraction of sp³-hybridized carbons (Fsp3) is 0.500. The summed E-state index contributed by atoms with van der Waals surface area (Å²) >= 11 is 0. The molecule has 1 unspecified atom stereocenters. The Bertz CT molecular complexity index is 810. The lowest BCUT2D eigenvalue weighted by Gasteiger charge is -2.50. The molecule has 1 aromatic carbocycles. The van der Waals surface area contributed by atoms with Crippen LogP contribution in [0.4, 0.5) is 0 Å². The molecular formula is C24H29N3O. The topological polar surface area (TPSA) is 36.4 Å². The van der Waals surface area contributed by atoms with E-state index in [1.54, 1.807) is 6.20 Å². The second-order valence-corrected chi connectivity index (χ2v) is 8.98. The molecular weight excluding hydrogens is 346 g/mol. The number of rotatable bonds is 3. The number of likely N-dealkylation sites (tertiary alicyclic amines) is 2. The lowest BCUT2D eigenvalue weighted by atomic mass is 9.68. The van der Waals surface area contributed by atoms with E-state index < -0.39 is 0 Å². The molecule has 2 aromatic rings. The number of nitrogens with zero attached hydrogens (tertiary/aromatic N) is 3. The molecule has 28 heavy (non-hydrogen) atoms. The molecule has 2 saturated heterocycles. The van der Waals surface area contributed by atoms with E-state index in [2.05, 4.69) is 40.2 Å². The van der Waals surface area contributed by atoms with Gasteiger partial charge in [-0.2, -0.15) is 0 Å². The molecule has 5 rings (SSSR count). The van der Waals surface area contributed by atoms with Gasteiger partial charge in [-0.25, -0.2) is 0 Å². The number of carbonyl (C=O) groups excluding carboxylic acids is 1. The van der Waals surface area contributed by atoms with Crippen LogP contribution in [-0.4, -0.2) is 52.9 Å². The van der Waals surface area contributed by atoms with Gasteiger partial charge in [0, 0.05) is 38.4 Å². The Hall–Kier alpha value is -2.20. The summed E-state index contributed by atoms with van der Waals surface area (Å²) in [6, 6.07) is 17.4. The zero-order valence-electron chi connectivity index (χ0n) is 16.5. The Kier molecular flexibility index (Phi) is 4.67. The first-order valence-electron chi connectivity index (χ1n) is 10.7. The van der Waals surface area contributed by atoms with Crippen LogP contribution >= 0.6 is 0 Å². The minimum absolute atomic E-state index is 0.0879. The third-order valence-electron chi connectivity index (χ3n) is 7.00. The van der Waals surface area contributed by atoms with Crippen molar-refractivity contribution in [3.63, 3.8) is 0 Å². The van der Waals surface area contributed by atoms with E-state index in [9.17, 15) is 4.79 Å². The van der Waals surface area contributed by atoms with E-state index >= 15 is 0 Å². The highest BCUT2D eigenvalue weighted by Crippen LogP contribution is 2.47. The smallest absolute Gasteiger partial charge is 0.272 e. The van der Waals surface area contributed by atoms with Gasteiger partial charge in [0.15, 0.2) is 0 Å². The van der Waals surface area contributed by atoms with Crippen LogP contribution in [0, 0.1) is 5.41 Å². The quantitative estimate of drug-likeness (QED) is 0.815. The normalized spacial score (nSPS) is 25.0. The van der Waals surface area contributed by atoms with Crippen LogP contribution in [0.15, 0.2) is 54.7 Å². The molecule has 3 heterocycles. The van der Waals surface area contributed by atoms with Crippen LogP contribution in [0.25, 0.3) is 0 Å². The maximum Gasteiger partial charge on any atom is 0.272 e. The van der Waals surface area contributed by atoms with Gasteiger partial charge in [-0.05, 0) is 61.1 Å². The fourth-order valence-corrected chi connectivity index (χ4v) is 5.29. The molecule has 1 aromatic heterocycles. The highest BCUT2D eigenvalue weighted by Gasteiger charge is 2.46. The Morgan fingerprint density at radius 1 is 1.00 bits per heavy atom. The standard InChI is InChI=1S/C24H29N3O/c28-23(22-8-4-5-13-25-22)26-14-11-24(12-15-26)16-20(19-6-2-1-3-7-19)17-27(18-24)21-9-10-21/h1-8,13,20-21H,9-12,14-18H2. The first-order valence-corrected chi connectivity index (χ1v) is 10.7. The van der Waals surface area contributed by atoms with E-state index in [4.69, 9.17) is 0 Å². The van der Waals surface area contributed by atoms with Crippen molar-refractivity contribution >= 4 is 5.91 Å². The summed E-state index contributed by atoms with van der Waals surface area (Å²) in [5.74, 6) is 0.707. The molecule has 0 radical (unpaired) electrons. The average Bonchev–Trinajstić information content (AvgIpc) is 3.60.